The highest BCUT2D eigenvalue weighted by atomic mass is 16.3. The first kappa shape index (κ1) is 14.3. The standard InChI is InChI=1S/C15H30N2O/c1-3-4-13-5-7-14(11-16,8-6-13)15(18)9-10-17(2)12-15/h13,18H,3-12,16H2,1-2H3. The van der Waals surface area contributed by atoms with Crippen molar-refractivity contribution in [1.82, 2.24) is 4.90 Å². The van der Waals surface area contributed by atoms with Gasteiger partial charge in [-0.2, -0.15) is 0 Å². The predicted molar refractivity (Wildman–Crippen MR) is 75.4 cm³/mol. The highest BCUT2D eigenvalue weighted by molar-refractivity contribution is 5.06. The second-order valence-corrected chi connectivity index (χ2v) is 6.74. The number of hydrogen-bond acceptors (Lipinski definition) is 3. The number of hydrogen-bond donors (Lipinski definition) is 2. The number of aliphatic hydroxyl groups is 1. The van der Waals surface area contributed by atoms with E-state index in [1.807, 2.05) is 0 Å². The van der Waals surface area contributed by atoms with Gasteiger partial charge in [0.15, 0.2) is 0 Å². The molecule has 2 aliphatic rings. The maximum absolute atomic E-state index is 11.0. The summed E-state index contributed by atoms with van der Waals surface area (Å²) in [5.74, 6) is 0.873. The molecule has 1 unspecified atom stereocenters. The summed E-state index contributed by atoms with van der Waals surface area (Å²) in [4.78, 5) is 2.25. The maximum Gasteiger partial charge on any atom is 0.0853 e. The zero-order chi connectivity index (χ0) is 13.2. The van der Waals surface area contributed by atoms with E-state index in [0.717, 1.165) is 38.3 Å². The summed E-state index contributed by atoms with van der Waals surface area (Å²) in [5.41, 5.74) is 5.54. The van der Waals surface area contributed by atoms with Crippen LogP contribution >= 0.6 is 0 Å². The molecule has 3 N–H and O–H groups in total. The third-order valence-corrected chi connectivity index (χ3v) is 5.58. The molecule has 0 bridgehead atoms. The van der Waals surface area contributed by atoms with Crippen molar-refractivity contribution >= 4 is 0 Å². The van der Waals surface area contributed by atoms with Crippen LogP contribution in [0.3, 0.4) is 0 Å². The van der Waals surface area contributed by atoms with Crippen LogP contribution in [0.15, 0.2) is 0 Å². The predicted octanol–water partition coefficient (Wildman–Crippen LogP) is 1.99. The SMILES string of the molecule is CCCC1CCC(CN)(C2(O)CCN(C)C2)CC1. The fourth-order valence-electron chi connectivity index (χ4n) is 4.20. The van der Waals surface area contributed by atoms with E-state index in [0.29, 0.717) is 6.54 Å². The number of likely N-dealkylation sites (N-methyl/N-ethyl adjacent to an activating group) is 1. The van der Waals surface area contributed by atoms with E-state index in [1.165, 1.54) is 25.7 Å². The van der Waals surface area contributed by atoms with Crippen LogP contribution in [0, 0.1) is 11.3 Å². The zero-order valence-corrected chi connectivity index (χ0v) is 12.1. The van der Waals surface area contributed by atoms with Crippen LogP contribution in [0.25, 0.3) is 0 Å². The summed E-state index contributed by atoms with van der Waals surface area (Å²) in [6.07, 6.45) is 8.30. The van der Waals surface area contributed by atoms with Gasteiger partial charge in [-0.15, -0.1) is 0 Å². The largest absolute Gasteiger partial charge is 0.388 e. The number of likely N-dealkylation sites (tertiary alicyclic amines) is 1. The van der Waals surface area contributed by atoms with Crippen molar-refractivity contribution in [2.75, 3.05) is 26.7 Å². The monoisotopic (exact) mass is 254 g/mol. The minimum atomic E-state index is -0.534. The number of rotatable bonds is 4. The van der Waals surface area contributed by atoms with Gasteiger partial charge in [0, 0.05) is 25.0 Å². The molecule has 1 heterocycles. The van der Waals surface area contributed by atoms with Crippen molar-refractivity contribution in [3.63, 3.8) is 0 Å². The molecule has 18 heavy (non-hydrogen) atoms. The summed E-state index contributed by atoms with van der Waals surface area (Å²) in [6.45, 7) is 4.74. The van der Waals surface area contributed by atoms with Gasteiger partial charge in [-0.3, -0.25) is 0 Å². The molecule has 1 aliphatic carbocycles. The molecule has 0 aromatic heterocycles. The van der Waals surface area contributed by atoms with Crippen LogP contribution in [-0.2, 0) is 0 Å². The van der Waals surface area contributed by atoms with Crippen molar-refractivity contribution in [3.8, 4) is 0 Å². The Balaban J connectivity index is 2.04. The Morgan fingerprint density at radius 2 is 1.94 bits per heavy atom. The molecule has 1 aliphatic heterocycles. The van der Waals surface area contributed by atoms with Crippen molar-refractivity contribution in [3.05, 3.63) is 0 Å². The fraction of sp³-hybridized carbons (Fsp3) is 1.00. The molecule has 1 atom stereocenters. The van der Waals surface area contributed by atoms with E-state index < -0.39 is 5.60 Å². The van der Waals surface area contributed by atoms with Crippen molar-refractivity contribution in [2.45, 2.75) is 57.5 Å². The van der Waals surface area contributed by atoms with Crippen molar-refractivity contribution < 1.29 is 5.11 Å². The smallest absolute Gasteiger partial charge is 0.0853 e. The molecular weight excluding hydrogens is 224 g/mol. The van der Waals surface area contributed by atoms with Crippen LogP contribution in [0.1, 0.15) is 51.9 Å². The quantitative estimate of drug-likeness (QED) is 0.806. The highest BCUT2D eigenvalue weighted by Crippen LogP contribution is 2.49. The average molecular weight is 254 g/mol. The lowest BCUT2D eigenvalue weighted by Crippen LogP contribution is -2.55. The van der Waals surface area contributed by atoms with E-state index in [9.17, 15) is 5.11 Å². The summed E-state index contributed by atoms with van der Waals surface area (Å²) >= 11 is 0. The van der Waals surface area contributed by atoms with Crippen LogP contribution in [-0.4, -0.2) is 42.3 Å². The Bertz CT molecular complexity index is 274. The second kappa shape index (κ2) is 5.48. The second-order valence-electron chi connectivity index (χ2n) is 6.74. The normalized spacial score (nSPS) is 42.3. The Kier molecular flexibility index (Phi) is 4.35. The summed E-state index contributed by atoms with van der Waals surface area (Å²) in [6, 6.07) is 0. The van der Waals surface area contributed by atoms with Gasteiger partial charge in [-0.05, 0) is 45.1 Å². The van der Waals surface area contributed by atoms with Crippen LogP contribution in [0.5, 0.6) is 0 Å². The van der Waals surface area contributed by atoms with Crippen LogP contribution < -0.4 is 5.73 Å². The molecule has 3 heteroatoms. The summed E-state index contributed by atoms with van der Waals surface area (Å²) < 4.78 is 0. The Labute approximate surface area is 112 Å². The van der Waals surface area contributed by atoms with Gasteiger partial charge in [0.05, 0.1) is 5.60 Å². The Morgan fingerprint density at radius 1 is 1.28 bits per heavy atom. The Hall–Kier alpha value is -0.120. The third kappa shape index (κ3) is 2.45. The lowest BCUT2D eigenvalue weighted by Gasteiger charge is -2.49. The van der Waals surface area contributed by atoms with E-state index in [2.05, 4.69) is 18.9 Å². The van der Waals surface area contributed by atoms with Gasteiger partial charge in [-0.25, -0.2) is 0 Å². The van der Waals surface area contributed by atoms with Crippen LogP contribution in [0.2, 0.25) is 0 Å². The minimum Gasteiger partial charge on any atom is -0.388 e. The van der Waals surface area contributed by atoms with Crippen molar-refractivity contribution in [2.24, 2.45) is 17.1 Å². The first-order valence-corrected chi connectivity index (χ1v) is 7.66. The third-order valence-electron chi connectivity index (χ3n) is 5.58. The highest BCUT2D eigenvalue weighted by Gasteiger charge is 2.53. The van der Waals surface area contributed by atoms with E-state index in [4.69, 9.17) is 5.73 Å². The lowest BCUT2D eigenvalue weighted by molar-refractivity contribution is -0.0955. The van der Waals surface area contributed by atoms with Crippen molar-refractivity contribution in [1.29, 1.82) is 0 Å². The van der Waals surface area contributed by atoms with Gasteiger partial charge < -0.3 is 15.7 Å². The number of nitrogens with zero attached hydrogens (tertiary/aromatic N) is 1. The van der Waals surface area contributed by atoms with Gasteiger partial charge in [0.1, 0.15) is 0 Å². The summed E-state index contributed by atoms with van der Waals surface area (Å²) in [5, 5.41) is 11.0. The first-order chi connectivity index (χ1) is 8.55. The molecule has 0 aromatic carbocycles. The van der Waals surface area contributed by atoms with E-state index in [-0.39, 0.29) is 5.41 Å². The summed E-state index contributed by atoms with van der Waals surface area (Å²) in [7, 11) is 2.10. The van der Waals surface area contributed by atoms with E-state index >= 15 is 0 Å². The molecule has 0 amide bonds. The van der Waals surface area contributed by atoms with E-state index in [1.54, 1.807) is 0 Å². The first-order valence-electron chi connectivity index (χ1n) is 7.66. The minimum absolute atomic E-state index is 0.0119. The Morgan fingerprint density at radius 3 is 2.39 bits per heavy atom. The molecule has 1 saturated heterocycles. The molecule has 2 fully saturated rings. The van der Waals surface area contributed by atoms with Gasteiger partial charge in [0.2, 0.25) is 0 Å². The number of nitrogens with two attached hydrogens (primary N) is 1. The number of β-amino-alcohol motifs (C(OH)–C–C–N with tert-alkyl or cyclic N) is 1. The molecule has 0 aromatic rings. The molecule has 106 valence electrons. The fourth-order valence-corrected chi connectivity index (χ4v) is 4.20. The van der Waals surface area contributed by atoms with Gasteiger partial charge in [-0.1, -0.05) is 19.8 Å². The zero-order valence-electron chi connectivity index (χ0n) is 12.1. The van der Waals surface area contributed by atoms with Crippen LogP contribution in [0.4, 0.5) is 0 Å². The molecule has 0 radical (unpaired) electrons. The topological polar surface area (TPSA) is 49.5 Å². The molecular formula is C15H30N2O. The molecule has 0 spiro atoms. The lowest BCUT2D eigenvalue weighted by atomic mass is 9.60. The average Bonchev–Trinajstić information content (AvgIpc) is 2.72. The molecule has 1 saturated carbocycles. The molecule has 3 nitrogen and oxygen atoms in total. The molecule has 2 rings (SSSR count). The maximum atomic E-state index is 11.0. The van der Waals surface area contributed by atoms with Gasteiger partial charge >= 0.3 is 0 Å². The van der Waals surface area contributed by atoms with Gasteiger partial charge in [0.25, 0.3) is 0 Å².